The van der Waals surface area contributed by atoms with E-state index in [1.54, 1.807) is 0 Å². The Hall–Kier alpha value is -2.11. The summed E-state index contributed by atoms with van der Waals surface area (Å²) in [7, 11) is 1.51. The molecule has 0 aromatic carbocycles. The van der Waals surface area contributed by atoms with Gasteiger partial charge in [-0.2, -0.15) is 31.4 Å². The van der Waals surface area contributed by atoms with Crippen molar-refractivity contribution in [1.82, 2.24) is 14.8 Å². The minimum atomic E-state index is -4.58. The molecule has 0 bridgehead atoms. The topological polar surface area (TPSA) is 59.8 Å². The monoisotopic (exact) mass is 466 g/mol. The van der Waals surface area contributed by atoms with Gasteiger partial charge in [0.2, 0.25) is 5.91 Å². The van der Waals surface area contributed by atoms with Gasteiger partial charge in [-0.25, -0.2) is 4.98 Å². The number of carbonyl (C=O) groups excluding carboxylic acids is 1. The van der Waals surface area contributed by atoms with Crippen LogP contribution in [0.2, 0.25) is 0 Å². The quantitative estimate of drug-likeness (QED) is 0.559. The average Bonchev–Trinajstić information content (AvgIpc) is 3.15. The average molecular weight is 466 g/mol. The SMILES string of the molecule is Cn1nc(-c2cnc(C(F)(F)F)s2)c(C2CCC2)c1NC(=O)CC1(C(F)(F)F)CCC1. The number of nitrogens with one attached hydrogen (secondary N) is 1. The van der Waals surface area contributed by atoms with Crippen LogP contribution in [0.4, 0.5) is 32.2 Å². The largest absolute Gasteiger partial charge is 0.443 e. The Morgan fingerprint density at radius 1 is 1.23 bits per heavy atom. The van der Waals surface area contributed by atoms with Crippen LogP contribution in [-0.4, -0.2) is 26.8 Å². The molecular weight excluding hydrogens is 446 g/mol. The molecule has 5 nitrogen and oxygen atoms in total. The summed E-state index contributed by atoms with van der Waals surface area (Å²) < 4.78 is 80.5. The number of amides is 1. The van der Waals surface area contributed by atoms with Gasteiger partial charge in [0.15, 0.2) is 5.01 Å². The molecule has 2 aliphatic rings. The van der Waals surface area contributed by atoms with Crippen LogP contribution in [-0.2, 0) is 18.0 Å². The van der Waals surface area contributed by atoms with Crippen LogP contribution in [0.5, 0.6) is 0 Å². The van der Waals surface area contributed by atoms with Crippen molar-refractivity contribution in [1.29, 1.82) is 0 Å². The highest BCUT2D eigenvalue weighted by molar-refractivity contribution is 7.15. The molecule has 31 heavy (non-hydrogen) atoms. The minimum absolute atomic E-state index is 0.0317. The minimum Gasteiger partial charge on any atom is -0.311 e. The maximum atomic E-state index is 13.4. The number of alkyl halides is 6. The number of thiazole rings is 1. The third kappa shape index (κ3) is 3.94. The Morgan fingerprint density at radius 3 is 2.35 bits per heavy atom. The van der Waals surface area contributed by atoms with Crippen molar-refractivity contribution in [2.45, 2.75) is 63.2 Å². The highest BCUT2D eigenvalue weighted by Gasteiger charge is 2.59. The molecule has 2 heterocycles. The van der Waals surface area contributed by atoms with Crippen molar-refractivity contribution in [3.8, 4) is 10.6 Å². The van der Waals surface area contributed by atoms with Gasteiger partial charge < -0.3 is 5.32 Å². The van der Waals surface area contributed by atoms with E-state index in [9.17, 15) is 31.1 Å². The van der Waals surface area contributed by atoms with E-state index in [-0.39, 0.29) is 35.1 Å². The van der Waals surface area contributed by atoms with Gasteiger partial charge in [-0.3, -0.25) is 9.48 Å². The highest BCUT2D eigenvalue weighted by Crippen LogP contribution is 2.55. The van der Waals surface area contributed by atoms with Crippen LogP contribution in [0.25, 0.3) is 10.6 Å². The lowest BCUT2D eigenvalue weighted by Crippen LogP contribution is -2.46. The molecule has 1 amide bonds. The second-order valence-corrected chi connectivity index (χ2v) is 9.28. The van der Waals surface area contributed by atoms with E-state index in [1.807, 2.05) is 0 Å². The molecule has 0 saturated heterocycles. The summed E-state index contributed by atoms with van der Waals surface area (Å²) in [4.78, 5) is 16.2. The molecular formula is C19H20F6N4OS. The van der Waals surface area contributed by atoms with Gasteiger partial charge >= 0.3 is 12.4 Å². The fourth-order valence-corrected chi connectivity index (χ4v) is 4.90. The molecule has 0 atom stereocenters. The maximum absolute atomic E-state index is 13.4. The molecule has 2 aliphatic carbocycles. The first-order valence-corrected chi connectivity index (χ1v) is 10.7. The lowest BCUT2D eigenvalue weighted by Gasteiger charge is -2.42. The Bertz CT molecular complexity index is 985. The van der Waals surface area contributed by atoms with E-state index in [0.717, 1.165) is 25.5 Å². The van der Waals surface area contributed by atoms with Gasteiger partial charge in [0.1, 0.15) is 11.5 Å². The molecule has 0 spiro atoms. The summed E-state index contributed by atoms with van der Waals surface area (Å²) in [5.74, 6) is -0.563. The third-order valence-corrected chi connectivity index (χ3v) is 7.30. The van der Waals surface area contributed by atoms with Crippen LogP contribution in [0.1, 0.15) is 61.4 Å². The van der Waals surface area contributed by atoms with Crippen LogP contribution in [0.15, 0.2) is 6.20 Å². The number of aromatic nitrogens is 3. The zero-order valence-corrected chi connectivity index (χ0v) is 17.3. The number of halogens is 6. The van der Waals surface area contributed by atoms with E-state index >= 15 is 0 Å². The van der Waals surface area contributed by atoms with Gasteiger partial charge in [-0.05, 0) is 31.6 Å². The van der Waals surface area contributed by atoms with Crippen LogP contribution in [0.3, 0.4) is 0 Å². The Morgan fingerprint density at radius 2 is 1.90 bits per heavy atom. The zero-order valence-electron chi connectivity index (χ0n) is 16.5. The number of anilines is 1. The van der Waals surface area contributed by atoms with Crippen molar-refractivity contribution in [2.75, 3.05) is 5.32 Å². The number of nitrogens with zero attached hydrogens (tertiary/aromatic N) is 3. The number of hydrogen-bond acceptors (Lipinski definition) is 4. The molecule has 0 aliphatic heterocycles. The molecule has 2 aromatic rings. The number of hydrogen-bond donors (Lipinski definition) is 1. The van der Waals surface area contributed by atoms with E-state index in [1.165, 1.54) is 11.7 Å². The van der Waals surface area contributed by atoms with Crippen molar-refractivity contribution in [3.63, 3.8) is 0 Å². The smallest absolute Gasteiger partial charge is 0.311 e. The Balaban J connectivity index is 1.64. The first kappa shape index (κ1) is 22.1. The van der Waals surface area contributed by atoms with Crippen molar-refractivity contribution < 1.29 is 31.1 Å². The van der Waals surface area contributed by atoms with Gasteiger partial charge in [-0.1, -0.05) is 12.8 Å². The maximum Gasteiger partial charge on any atom is 0.443 e. The molecule has 170 valence electrons. The van der Waals surface area contributed by atoms with Crippen molar-refractivity contribution in [2.24, 2.45) is 12.5 Å². The number of rotatable bonds is 5. The van der Waals surface area contributed by atoms with E-state index < -0.39 is 35.1 Å². The number of aryl methyl sites for hydroxylation is 1. The van der Waals surface area contributed by atoms with Crippen LogP contribution in [0, 0.1) is 5.41 Å². The standard InChI is InChI=1S/C19H20F6N4OS/c1-29-15(27-12(30)8-17(6-3-7-17)19(23,24)25)13(10-4-2-5-10)14(28-29)11-9-26-16(31-11)18(20,21)22/h9-10H,2-8H2,1H3,(H,27,30). The van der Waals surface area contributed by atoms with Gasteiger partial charge in [0.05, 0.1) is 10.3 Å². The van der Waals surface area contributed by atoms with Gasteiger partial charge in [0, 0.05) is 25.2 Å². The molecule has 1 N–H and O–H groups in total. The van der Waals surface area contributed by atoms with Crippen LogP contribution < -0.4 is 5.32 Å². The predicted molar refractivity (Wildman–Crippen MR) is 101 cm³/mol. The van der Waals surface area contributed by atoms with Crippen molar-refractivity contribution >= 4 is 23.1 Å². The summed E-state index contributed by atoms with van der Waals surface area (Å²) in [6, 6.07) is 0. The summed E-state index contributed by atoms with van der Waals surface area (Å²) in [6.07, 6.45) is -5.95. The lowest BCUT2D eigenvalue weighted by molar-refractivity contribution is -0.251. The summed E-state index contributed by atoms with van der Waals surface area (Å²) in [5.41, 5.74) is -1.16. The fraction of sp³-hybridized carbons (Fsp3) is 0.632. The predicted octanol–water partition coefficient (Wildman–Crippen LogP) is 5.89. The molecule has 2 aromatic heterocycles. The van der Waals surface area contributed by atoms with E-state index in [0.29, 0.717) is 23.3 Å². The van der Waals surface area contributed by atoms with E-state index in [4.69, 9.17) is 0 Å². The normalized spacial score (nSPS) is 19.1. The third-order valence-electron chi connectivity index (χ3n) is 6.25. The molecule has 4 rings (SSSR count). The second kappa shape index (κ2) is 7.49. The molecule has 0 radical (unpaired) electrons. The van der Waals surface area contributed by atoms with Gasteiger partial charge in [0.25, 0.3) is 0 Å². The van der Waals surface area contributed by atoms with Crippen molar-refractivity contribution in [3.05, 3.63) is 16.8 Å². The fourth-order valence-electron chi connectivity index (χ4n) is 4.12. The van der Waals surface area contributed by atoms with E-state index in [2.05, 4.69) is 15.4 Å². The summed E-state index contributed by atoms with van der Waals surface area (Å²) in [6.45, 7) is 0. The zero-order chi connectivity index (χ0) is 22.6. The molecule has 0 unspecified atom stereocenters. The Kier molecular flexibility index (Phi) is 5.34. The Labute approximate surface area is 177 Å². The first-order chi connectivity index (χ1) is 14.4. The molecule has 2 fully saturated rings. The van der Waals surface area contributed by atoms with Gasteiger partial charge in [-0.15, -0.1) is 11.3 Å². The highest BCUT2D eigenvalue weighted by atomic mass is 32.1. The first-order valence-electron chi connectivity index (χ1n) is 9.88. The number of carbonyl (C=O) groups is 1. The van der Waals surface area contributed by atoms with Crippen LogP contribution >= 0.6 is 11.3 Å². The summed E-state index contributed by atoms with van der Waals surface area (Å²) in [5, 5.41) is 5.86. The lowest BCUT2D eigenvalue weighted by atomic mass is 9.66. The molecule has 12 heteroatoms. The second-order valence-electron chi connectivity index (χ2n) is 8.25. The summed E-state index contributed by atoms with van der Waals surface area (Å²) >= 11 is 0.453. The molecule has 2 saturated carbocycles.